The van der Waals surface area contributed by atoms with Gasteiger partial charge in [-0.25, -0.2) is 23.1 Å². The molecule has 1 saturated carbocycles. The number of nitrogens with zero attached hydrogens (tertiary/aromatic N) is 4. The number of aliphatic hydroxyl groups excluding tert-OH is 3. The van der Waals surface area contributed by atoms with Crippen molar-refractivity contribution in [1.82, 2.24) is 15.0 Å². The minimum absolute atomic E-state index is 0.0711. The fourth-order valence-corrected chi connectivity index (χ4v) is 7.76. The Morgan fingerprint density at radius 1 is 0.979 bits per heavy atom. The van der Waals surface area contributed by atoms with Crippen LogP contribution in [-0.4, -0.2) is 68.6 Å². The van der Waals surface area contributed by atoms with E-state index in [-0.39, 0.29) is 49.5 Å². The number of pyridine rings is 1. The zero-order valence-electron chi connectivity index (χ0n) is 28.0. The molecule has 2 fully saturated rings. The van der Waals surface area contributed by atoms with Gasteiger partial charge in [0.15, 0.2) is 11.9 Å². The van der Waals surface area contributed by atoms with E-state index in [1.54, 1.807) is 12.1 Å². The molecule has 3 aromatic rings. The van der Waals surface area contributed by atoms with E-state index < -0.39 is 30.9 Å². The summed E-state index contributed by atoms with van der Waals surface area (Å²) in [5, 5.41) is 30.2. The molecule has 1 aliphatic heterocycles. The molecule has 2 aromatic heterocycles. The maximum atomic E-state index is 17.2. The second kappa shape index (κ2) is 13.9. The lowest BCUT2D eigenvalue weighted by molar-refractivity contribution is -0.0385. The average molecular weight is 669 g/mol. The third kappa shape index (κ3) is 7.48. The number of fused-ring (bicyclic) bond motifs is 1. The van der Waals surface area contributed by atoms with Crippen molar-refractivity contribution in [3.05, 3.63) is 75.9 Å². The smallest absolute Gasteiger partial charge is 0.248 e. The Morgan fingerprint density at radius 3 is 2.25 bits per heavy atom. The molecule has 48 heavy (non-hydrogen) atoms. The predicted octanol–water partition coefficient (Wildman–Crippen LogP) is 6.65. The number of alkyl halides is 3. The first-order valence-electron chi connectivity index (χ1n) is 17.2. The van der Waals surface area contributed by atoms with Crippen LogP contribution in [0.15, 0.2) is 36.7 Å². The predicted molar refractivity (Wildman–Crippen MR) is 176 cm³/mol. The van der Waals surface area contributed by atoms with Crippen LogP contribution in [0.5, 0.6) is 5.75 Å². The molecular formula is C37H47F3N4O4. The molecule has 11 heteroatoms. The van der Waals surface area contributed by atoms with Crippen molar-refractivity contribution in [2.75, 3.05) is 31.2 Å². The standard InChI is InChI=1S/C37H47F3N4O4/c1-22-4-6-24(7-5-22)33(38)32-30(23-8-12-37(39,40)13-9-23)31-28(16-36(2,3)17-29(31)47)43-34(32)25-10-14-44(15-11-25)35-41-18-27(19-42-35)48-21-26(46)20-45/h4-7,18-19,23,25-26,29,33,45-47H,8-17,20-21H2,1-3H3/t26-,29+,33+/m1/s1. The normalized spacial score (nSPS) is 22.6. The zero-order chi connectivity index (χ0) is 34.2. The Kier molecular flexibility index (Phi) is 10.0. The Hall–Kier alpha value is -3.28. The largest absolute Gasteiger partial charge is 0.488 e. The molecule has 3 heterocycles. The molecule has 0 amide bonds. The van der Waals surface area contributed by atoms with Crippen LogP contribution >= 0.6 is 0 Å². The van der Waals surface area contributed by atoms with Crippen molar-refractivity contribution in [1.29, 1.82) is 0 Å². The molecule has 3 aliphatic rings. The highest BCUT2D eigenvalue weighted by Gasteiger charge is 2.43. The van der Waals surface area contributed by atoms with Gasteiger partial charge in [-0.2, -0.15) is 0 Å². The summed E-state index contributed by atoms with van der Waals surface area (Å²) in [6.45, 7) is 6.89. The van der Waals surface area contributed by atoms with Crippen molar-refractivity contribution in [3.8, 4) is 5.75 Å². The van der Waals surface area contributed by atoms with Crippen LogP contribution in [0, 0.1) is 12.3 Å². The van der Waals surface area contributed by atoms with Gasteiger partial charge in [-0.1, -0.05) is 43.7 Å². The van der Waals surface area contributed by atoms with E-state index in [9.17, 15) is 19.0 Å². The number of aryl methyl sites for hydroxylation is 1. The van der Waals surface area contributed by atoms with Crippen LogP contribution in [0.3, 0.4) is 0 Å². The van der Waals surface area contributed by atoms with Gasteiger partial charge >= 0.3 is 0 Å². The highest BCUT2D eigenvalue weighted by atomic mass is 19.3. The van der Waals surface area contributed by atoms with Crippen molar-refractivity contribution in [3.63, 3.8) is 0 Å². The maximum absolute atomic E-state index is 17.2. The average Bonchev–Trinajstić information content (AvgIpc) is 3.06. The van der Waals surface area contributed by atoms with Crippen LogP contribution in [-0.2, 0) is 6.42 Å². The lowest BCUT2D eigenvalue weighted by Crippen LogP contribution is -2.36. The number of benzene rings is 1. The number of hydrogen-bond acceptors (Lipinski definition) is 8. The molecule has 0 bridgehead atoms. The number of anilines is 1. The summed E-state index contributed by atoms with van der Waals surface area (Å²) in [4.78, 5) is 16.2. The fraction of sp³-hybridized carbons (Fsp3) is 0.595. The first-order valence-corrected chi connectivity index (χ1v) is 17.2. The first-order chi connectivity index (χ1) is 22.8. The molecule has 8 nitrogen and oxygen atoms in total. The first kappa shape index (κ1) is 34.6. The molecular weight excluding hydrogens is 621 g/mol. The Labute approximate surface area is 280 Å². The van der Waals surface area contributed by atoms with Gasteiger partial charge in [0.2, 0.25) is 11.9 Å². The summed E-state index contributed by atoms with van der Waals surface area (Å²) in [6.07, 6.45) is 2.14. The number of ether oxygens (including phenoxy) is 1. The SMILES string of the molecule is Cc1ccc([C@H](F)c2c(C3CCN(c4ncc(OC[C@H](O)CO)cn4)CC3)nc3c(c2C2CCC(F)(F)CC2)[C@@H](O)CC(C)(C)C3)cc1. The molecule has 2 aliphatic carbocycles. The molecule has 1 saturated heterocycles. The summed E-state index contributed by atoms with van der Waals surface area (Å²) in [5.74, 6) is -2.20. The van der Waals surface area contributed by atoms with Gasteiger partial charge in [-0.3, -0.25) is 4.98 Å². The van der Waals surface area contributed by atoms with E-state index in [1.165, 1.54) is 12.4 Å². The van der Waals surface area contributed by atoms with Gasteiger partial charge in [0, 0.05) is 48.7 Å². The second-order valence-corrected chi connectivity index (χ2v) is 14.8. The van der Waals surface area contributed by atoms with Crippen LogP contribution < -0.4 is 9.64 Å². The van der Waals surface area contributed by atoms with E-state index in [4.69, 9.17) is 14.8 Å². The van der Waals surface area contributed by atoms with Gasteiger partial charge in [0.25, 0.3) is 0 Å². The Morgan fingerprint density at radius 2 is 1.62 bits per heavy atom. The second-order valence-electron chi connectivity index (χ2n) is 14.8. The van der Waals surface area contributed by atoms with E-state index in [0.29, 0.717) is 78.4 Å². The van der Waals surface area contributed by atoms with Crippen molar-refractivity contribution in [2.24, 2.45) is 5.41 Å². The topological polar surface area (TPSA) is 112 Å². The van der Waals surface area contributed by atoms with Crippen LogP contribution in [0.1, 0.15) is 122 Å². The number of halogens is 3. The summed E-state index contributed by atoms with van der Waals surface area (Å²) in [5.41, 5.74) is 4.60. The number of aromatic nitrogens is 3. The minimum atomic E-state index is -2.74. The number of piperidine rings is 1. The van der Waals surface area contributed by atoms with Crippen LogP contribution in [0.2, 0.25) is 0 Å². The molecule has 0 spiro atoms. The number of rotatable bonds is 9. The third-order valence-electron chi connectivity index (χ3n) is 10.3. The quantitative estimate of drug-likeness (QED) is 0.232. The summed E-state index contributed by atoms with van der Waals surface area (Å²) in [6, 6.07) is 7.35. The van der Waals surface area contributed by atoms with Gasteiger partial charge < -0.3 is 25.0 Å². The lowest BCUT2D eigenvalue weighted by Gasteiger charge is -2.41. The Bertz CT molecular complexity index is 1550. The minimum Gasteiger partial charge on any atom is -0.488 e. The van der Waals surface area contributed by atoms with Crippen LogP contribution in [0.4, 0.5) is 19.1 Å². The van der Waals surface area contributed by atoms with Gasteiger partial charge in [0.05, 0.1) is 30.8 Å². The van der Waals surface area contributed by atoms with E-state index >= 15 is 4.39 Å². The summed E-state index contributed by atoms with van der Waals surface area (Å²) < 4.78 is 51.5. The fourth-order valence-electron chi connectivity index (χ4n) is 7.76. The summed E-state index contributed by atoms with van der Waals surface area (Å²) >= 11 is 0. The van der Waals surface area contributed by atoms with E-state index in [1.807, 2.05) is 19.1 Å². The monoisotopic (exact) mass is 668 g/mol. The molecule has 0 radical (unpaired) electrons. The molecule has 1 aromatic carbocycles. The highest BCUT2D eigenvalue weighted by Crippen LogP contribution is 2.52. The molecule has 0 unspecified atom stereocenters. The molecule has 6 rings (SSSR count). The van der Waals surface area contributed by atoms with E-state index in [2.05, 4.69) is 28.7 Å². The summed E-state index contributed by atoms with van der Waals surface area (Å²) in [7, 11) is 0. The van der Waals surface area contributed by atoms with E-state index in [0.717, 1.165) is 11.3 Å². The van der Waals surface area contributed by atoms with Crippen molar-refractivity contribution >= 4 is 5.95 Å². The van der Waals surface area contributed by atoms with Crippen molar-refractivity contribution in [2.45, 2.75) is 108 Å². The maximum Gasteiger partial charge on any atom is 0.248 e. The zero-order valence-corrected chi connectivity index (χ0v) is 28.0. The van der Waals surface area contributed by atoms with Gasteiger partial charge in [0.1, 0.15) is 12.7 Å². The van der Waals surface area contributed by atoms with Crippen LogP contribution in [0.25, 0.3) is 0 Å². The van der Waals surface area contributed by atoms with Gasteiger partial charge in [-0.15, -0.1) is 0 Å². The molecule has 3 atom stereocenters. The third-order valence-corrected chi connectivity index (χ3v) is 10.3. The lowest BCUT2D eigenvalue weighted by atomic mass is 9.68. The Balaban J connectivity index is 1.36. The highest BCUT2D eigenvalue weighted by molar-refractivity contribution is 5.51. The van der Waals surface area contributed by atoms with Crippen molar-refractivity contribution < 1.29 is 33.2 Å². The van der Waals surface area contributed by atoms with Gasteiger partial charge in [-0.05, 0) is 67.9 Å². The molecule has 260 valence electrons. The number of hydrogen-bond donors (Lipinski definition) is 3. The molecule has 3 N–H and O–H groups in total. The number of aliphatic hydroxyl groups is 3.